The molecule has 2 aromatic rings. The molecule has 2 unspecified atom stereocenters. The zero-order valence-electron chi connectivity index (χ0n) is 29.3. The highest BCUT2D eigenvalue weighted by molar-refractivity contribution is 7.62. The minimum Gasteiger partial charge on any atom is -0.497 e. The lowest BCUT2D eigenvalue weighted by Gasteiger charge is -2.45. The lowest BCUT2D eigenvalue weighted by molar-refractivity contribution is -0.141. The fourth-order valence-corrected chi connectivity index (χ4v) is 8.66. The van der Waals surface area contributed by atoms with E-state index in [1.54, 1.807) is 73.8 Å². The molecular formula is C35H50FN2O9P. The molecule has 11 nitrogen and oxygen atoms in total. The molecule has 1 aliphatic rings. The number of carboxylic acids is 1. The van der Waals surface area contributed by atoms with Crippen molar-refractivity contribution in [1.82, 2.24) is 9.80 Å². The van der Waals surface area contributed by atoms with Crippen LogP contribution in [0.1, 0.15) is 73.3 Å². The van der Waals surface area contributed by atoms with E-state index in [0.717, 1.165) is 16.0 Å². The molecule has 1 fully saturated rings. The number of rotatable bonds is 12. The predicted octanol–water partition coefficient (Wildman–Crippen LogP) is 7.80. The highest BCUT2D eigenvalue weighted by Gasteiger charge is 2.58. The topological polar surface area (TPSA) is 132 Å². The molecule has 1 saturated heterocycles. The molecule has 13 heteroatoms. The van der Waals surface area contributed by atoms with Crippen molar-refractivity contribution < 1.29 is 47.2 Å². The Morgan fingerprint density at radius 1 is 0.979 bits per heavy atom. The third-order valence-electron chi connectivity index (χ3n) is 7.90. The molecule has 1 aliphatic heterocycles. The first kappa shape index (κ1) is 39.0. The monoisotopic (exact) mass is 692 g/mol. The van der Waals surface area contributed by atoms with Crippen LogP contribution in [0.3, 0.4) is 0 Å². The average Bonchev–Trinajstić information content (AvgIpc) is 2.97. The molecule has 48 heavy (non-hydrogen) atoms. The summed E-state index contributed by atoms with van der Waals surface area (Å²) in [6, 6.07) is 11.7. The second-order valence-corrected chi connectivity index (χ2v) is 16.9. The Labute approximate surface area is 283 Å². The van der Waals surface area contributed by atoms with Gasteiger partial charge in [0.2, 0.25) is 7.37 Å². The number of hydrogen-bond acceptors (Lipinski definition) is 9. The molecule has 0 aliphatic carbocycles. The Kier molecular flexibility index (Phi) is 12.9. The van der Waals surface area contributed by atoms with Crippen LogP contribution in [0, 0.1) is 5.82 Å². The first-order valence-corrected chi connectivity index (χ1v) is 18.0. The van der Waals surface area contributed by atoms with Crippen molar-refractivity contribution in [3.63, 3.8) is 0 Å². The number of hydrogen-bond donors (Lipinski definition) is 1. The van der Waals surface area contributed by atoms with Crippen LogP contribution in [-0.2, 0) is 29.9 Å². The molecule has 2 aromatic carbocycles. The fourth-order valence-electron chi connectivity index (χ4n) is 5.69. The Morgan fingerprint density at radius 3 is 2.10 bits per heavy atom. The van der Waals surface area contributed by atoms with Crippen LogP contribution in [0.2, 0.25) is 0 Å². The molecule has 1 heterocycles. The molecule has 0 aromatic heterocycles. The molecule has 2 atom stereocenters. The number of aliphatic carboxylic acids is 1. The van der Waals surface area contributed by atoms with Crippen LogP contribution in [0.5, 0.6) is 5.75 Å². The van der Waals surface area contributed by atoms with Crippen LogP contribution >= 0.6 is 7.37 Å². The van der Waals surface area contributed by atoms with Crippen LogP contribution in [0.4, 0.5) is 14.0 Å². The summed E-state index contributed by atoms with van der Waals surface area (Å²) in [6.07, 6.45) is -1.33. The molecule has 0 bridgehead atoms. The van der Waals surface area contributed by atoms with E-state index < -0.39 is 47.7 Å². The second kappa shape index (κ2) is 15.8. The van der Waals surface area contributed by atoms with E-state index in [1.165, 1.54) is 12.1 Å². The van der Waals surface area contributed by atoms with Crippen LogP contribution in [-0.4, -0.2) is 88.9 Å². The minimum absolute atomic E-state index is 0.0220. The van der Waals surface area contributed by atoms with E-state index in [0.29, 0.717) is 17.9 Å². The van der Waals surface area contributed by atoms with E-state index in [1.807, 2.05) is 17.0 Å². The quantitative estimate of drug-likeness (QED) is 0.174. The summed E-state index contributed by atoms with van der Waals surface area (Å²) in [7, 11) is -2.15. The van der Waals surface area contributed by atoms with Gasteiger partial charge in [-0.1, -0.05) is 18.2 Å². The summed E-state index contributed by atoms with van der Waals surface area (Å²) >= 11 is 0. The SMILES string of the molecule is CCOP1(=O)CCN(Cc2ccc(F)cc2-c2ccc(OC)cc2)CC1(CCCCN(C(=O)OC(C)(C)C)C(=O)OC(C)(C)C)C(=O)O. The van der Waals surface area contributed by atoms with Crippen molar-refractivity contribution in [3.05, 3.63) is 53.8 Å². The van der Waals surface area contributed by atoms with Gasteiger partial charge in [0.05, 0.1) is 13.7 Å². The van der Waals surface area contributed by atoms with Gasteiger partial charge in [-0.05, 0) is 109 Å². The third kappa shape index (κ3) is 10.0. The standard InChI is InChI=1S/C35H50FN2O9P/c1-9-45-48(43)21-20-37(23-26-12-15-27(36)22-29(26)25-13-16-28(44-8)17-14-25)24-35(48,30(39)40)18-10-11-19-38(31(41)46-33(2,3)4)32(42)47-34(5,6)7/h12-17,22H,9-11,18-21,23-24H2,1-8H3,(H,39,40). The zero-order chi connectivity index (χ0) is 35.9. The highest BCUT2D eigenvalue weighted by Crippen LogP contribution is 2.63. The van der Waals surface area contributed by atoms with Crippen LogP contribution in [0.15, 0.2) is 42.5 Å². The zero-order valence-corrected chi connectivity index (χ0v) is 30.2. The number of nitrogens with zero attached hydrogens (tertiary/aromatic N) is 2. The predicted molar refractivity (Wildman–Crippen MR) is 181 cm³/mol. The summed E-state index contributed by atoms with van der Waals surface area (Å²) < 4.78 is 50.6. The third-order valence-corrected chi connectivity index (χ3v) is 11.2. The number of imide groups is 1. The maximum absolute atomic E-state index is 14.4. The van der Waals surface area contributed by atoms with Crippen molar-refractivity contribution in [2.45, 2.75) is 90.6 Å². The molecule has 1 N–H and O–H groups in total. The summed E-state index contributed by atoms with van der Waals surface area (Å²) in [5, 5.41) is 8.95. The van der Waals surface area contributed by atoms with Gasteiger partial charge < -0.3 is 23.8 Å². The number of ether oxygens (including phenoxy) is 3. The Hall–Kier alpha value is -3.47. The molecule has 0 radical (unpaired) electrons. The normalized spacial score (nSPS) is 20.2. The van der Waals surface area contributed by atoms with E-state index in [-0.39, 0.29) is 51.7 Å². The van der Waals surface area contributed by atoms with Gasteiger partial charge in [0.1, 0.15) is 22.8 Å². The molecule has 2 amide bonds. The Bertz CT molecular complexity index is 1460. The van der Waals surface area contributed by atoms with Crippen LogP contribution < -0.4 is 4.74 Å². The van der Waals surface area contributed by atoms with Crippen molar-refractivity contribution in [3.8, 4) is 16.9 Å². The van der Waals surface area contributed by atoms with E-state index in [9.17, 15) is 28.4 Å². The fraction of sp³-hybridized carbons (Fsp3) is 0.571. The van der Waals surface area contributed by atoms with Gasteiger partial charge in [-0.25, -0.2) is 18.9 Å². The van der Waals surface area contributed by atoms with Crippen molar-refractivity contribution >= 4 is 25.5 Å². The summed E-state index contributed by atoms with van der Waals surface area (Å²) in [5.41, 5.74) is 0.475. The number of carbonyl (C=O) groups excluding carboxylic acids is 2. The van der Waals surface area contributed by atoms with Gasteiger partial charge >= 0.3 is 18.2 Å². The first-order chi connectivity index (χ1) is 22.3. The summed E-state index contributed by atoms with van der Waals surface area (Å²) in [4.78, 5) is 41.8. The smallest absolute Gasteiger partial charge is 0.419 e. The minimum atomic E-state index is -3.71. The van der Waals surface area contributed by atoms with Gasteiger partial charge in [0.25, 0.3) is 0 Å². The van der Waals surface area contributed by atoms with E-state index in [2.05, 4.69) is 0 Å². The number of halogens is 1. The first-order valence-electron chi connectivity index (χ1n) is 16.2. The van der Waals surface area contributed by atoms with Gasteiger partial charge in [-0.3, -0.25) is 14.3 Å². The van der Waals surface area contributed by atoms with Crippen molar-refractivity contribution in [2.24, 2.45) is 0 Å². The maximum atomic E-state index is 14.4. The van der Waals surface area contributed by atoms with Crippen LogP contribution in [0.25, 0.3) is 11.1 Å². The number of carbonyl (C=O) groups is 3. The lowest BCUT2D eigenvalue weighted by atomic mass is 9.97. The number of benzene rings is 2. The van der Waals surface area contributed by atoms with Crippen molar-refractivity contribution in [1.29, 1.82) is 0 Å². The lowest BCUT2D eigenvalue weighted by Crippen LogP contribution is -2.54. The Morgan fingerprint density at radius 2 is 1.58 bits per heavy atom. The highest BCUT2D eigenvalue weighted by atomic mass is 31.2. The maximum Gasteiger partial charge on any atom is 0.419 e. The van der Waals surface area contributed by atoms with E-state index in [4.69, 9.17) is 18.7 Å². The van der Waals surface area contributed by atoms with Gasteiger partial charge in [0, 0.05) is 32.3 Å². The molecule has 3 rings (SSSR count). The number of methoxy groups -OCH3 is 1. The molecular weight excluding hydrogens is 642 g/mol. The molecule has 0 saturated carbocycles. The summed E-state index contributed by atoms with van der Waals surface area (Å²) in [5.74, 6) is -0.990. The molecule has 266 valence electrons. The van der Waals surface area contributed by atoms with Gasteiger partial charge in [-0.15, -0.1) is 0 Å². The largest absolute Gasteiger partial charge is 0.497 e. The average molecular weight is 693 g/mol. The van der Waals surface area contributed by atoms with Crippen molar-refractivity contribution in [2.75, 3.05) is 39.5 Å². The molecule has 0 spiro atoms. The number of unbranched alkanes of at least 4 members (excludes halogenated alkanes) is 1. The Balaban J connectivity index is 1.85. The number of amides is 2. The summed E-state index contributed by atoms with van der Waals surface area (Å²) in [6.45, 7) is 12.3. The van der Waals surface area contributed by atoms with Gasteiger partial charge in [-0.2, -0.15) is 0 Å². The van der Waals surface area contributed by atoms with E-state index >= 15 is 0 Å². The second-order valence-electron chi connectivity index (χ2n) is 14.0. The number of carboxylic acid groups (broad SMARTS) is 1. The van der Waals surface area contributed by atoms with Gasteiger partial charge in [0.15, 0.2) is 5.16 Å².